The molecule has 0 atom stereocenters. The predicted octanol–water partition coefficient (Wildman–Crippen LogP) is 4.71. The van der Waals surface area contributed by atoms with Crippen LogP contribution in [0.5, 0.6) is 0 Å². The number of nitrogens with one attached hydrogen (secondary N) is 2. The Hall–Kier alpha value is -3.67. The number of carbonyl (C=O) groups is 2. The molecule has 0 fully saturated rings. The molecule has 0 amide bonds. The van der Waals surface area contributed by atoms with Gasteiger partial charge in [0.15, 0.2) is 11.6 Å². The molecule has 0 aliphatic heterocycles. The van der Waals surface area contributed by atoms with Crippen molar-refractivity contribution in [2.75, 3.05) is 0 Å². The van der Waals surface area contributed by atoms with E-state index in [1.807, 2.05) is 72.8 Å². The monoisotopic (exact) mass is 481 g/mol. The van der Waals surface area contributed by atoms with E-state index in [0.717, 1.165) is 13.1 Å². The fourth-order valence-corrected chi connectivity index (χ4v) is 2.95. The van der Waals surface area contributed by atoms with Crippen molar-refractivity contribution in [3.05, 3.63) is 144 Å². The van der Waals surface area contributed by atoms with E-state index in [1.54, 1.807) is 48.9 Å². The second-order valence-electron chi connectivity index (χ2n) is 7.10. The maximum atomic E-state index is 11.4. The third kappa shape index (κ3) is 9.15. The van der Waals surface area contributed by atoms with Crippen molar-refractivity contribution in [2.24, 2.45) is 0 Å². The van der Waals surface area contributed by atoms with Gasteiger partial charge in [-0.1, -0.05) is 85.0 Å². The van der Waals surface area contributed by atoms with Gasteiger partial charge in [-0.3, -0.25) is 9.59 Å². The van der Waals surface area contributed by atoms with Gasteiger partial charge in [0, 0.05) is 53.4 Å². The van der Waals surface area contributed by atoms with Crippen LogP contribution in [-0.4, -0.2) is 11.6 Å². The molecule has 4 nitrogen and oxygen atoms in total. The van der Waals surface area contributed by atoms with Gasteiger partial charge in [-0.25, -0.2) is 0 Å². The topological polar surface area (TPSA) is 58.2 Å². The van der Waals surface area contributed by atoms with Crippen LogP contribution < -0.4 is 10.6 Å². The van der Waals surface area contributed by atoms with Gasteiger partial charge >= 0.3 is 0 Å². The first-order valence-electron chi connectivity index (χ1n) is 10.5. The summed E-state index contributed by atoms with van der Waals surface area (Å²) in [6.07, 6.45) is 17.5. The van der Waals surface area contributed by atoms with Crippen LogP contribution in [0.2, 0.25) is 0 Å². The average Bonchev–Trinajstić information content (AvgIpc) is 2.83. The number of hydrogen-bond acceptors (Lipinski definition) is 4. The molecule has 0 unspecified atom stereocenters. The number of ketones is 2. The second-order valence-corrected chi connectivity index (χ2v) is 7.10. The van der Waals surface area contributed by atoms with Crippen molar-refractivity contribution < 1.29 is 26.4 Å². The van der Waals surface area contributed by atoms with Gasteiger partial charge in [0.1, 0.15) is 0 Å². The van der Waals surface area contributed by atoms with Crippen LogP contribution in [0, 0.1) is 0 Å². The molecule has 2 aliphatic carbocycles. The number of rotatable bonds is 6. The van der Waals surface area contributed by atoms with E-state index in [-0.39, 0.29) is 28.3 Å². The molecule has 2 N–H and O–H groups in total. The van der Waals surface area contributed by atoms with Gasteiger partial charge in [0.25, 0.3) is 0 Å². The van der Waals surface area contributed by atoms with E-state index in [9.17, 15) is 9.59 Å². The summed E-state index contributed by atoms with van der Waals surface area (Å²) in [6.45, 7) is 1.46. The summed E-state index contributed by atoms with van der Waals surface area (Å²) in [4.78, 5) is 22.8. The summed E-state index contributed by atoms with van der Waals surface area (Å²) in [5, 5.41) is 6.27. The maximum absolute atomic E-state index is 11.4. The Morgan fingerprint density at radius 2 is 0.909 bits per heavy atom. The van der Waals surface area contributed by atoms with Crippen LogP contribution in [0.15, 0.2) is 133 Å². The minimum Gasteiger partial charge on any atom is -0.386 e. The fourth-order valence-electron chi connectivity index (χ4n) is 2.95. The van der Waals surface area contributed by atoms with E-state index >= 15 is 0 Å². The zero-order valence-electron chi connectivity index (χ0n) is 18.1. The first-order chi connectivity index (χ1) is 15.7. The quantitative estimate of drug-likeness (QED) is 0.587. The largest absolute Gasteiger partial charge is 0.386 e. The van der Waals surface area contributed by atoms with Crippen molar-refractivity contribution in [1.29, 1.82) is 0 Å². The van der Waals surface area contributed by atoms with Crippen molar-refractivity contribution in [3.8, 4) is 0 Å². The van der Waals surface area contributed by atoms with Crippen LogP contribution in [0.3, 0.4) is 0 Å². The fraction of sp³-hybridized carbons (Fsp3) is 0.0714. The van der Waals surface area contributed by atoms with Crippen LogP contribution in [0.25, 0.3) is 0 Å². The molecule has 169 valence electrons. The Balaban J connectivity index is 0.000000227. The Morgan fingerprint density at radius 3 is 1.27 bits per heavy atom. The number of allylic oxidation sites excluding steroid dienone is 10. The van der Waals surface area contributed by atoms with Crippen LogP contribution >= 0.6 is 0 Å². The molecule has 0 saturated carbocycles. The molecule has 0 heterocycles. The van der Waals surface area contributed by atoms with Gasteiger partial charge < -0.3 is 10.6 Å². The molecular weight excluding hydrogens is 455 g/mol. The van der Waals surface area contributed by atoms with E-state index in [0.29, 0.717) is 11.1 Å². The van der Waals surface area contributed by atoms with Crippen molar-refractivity contribution >= 4 is 11.6 Å². The smallest absolute Gasteiger partial charge is 0.187 e. The van der Waals surface area contributed by atoms with E-state index in [2.05, 4.69) is 10.6 Å². The van der Waals surface area contributed by atoms with Crippen molar-refractivity contribution in [3.63, 3.8) is 0 Å². The van der Waals surface area contributed by atoms with E-state index < -0.39 is 0 Å². The summed E-state index contributed by atoms with van der Waals surface area (Å²) in [6, 6.07) is 20.1. The van der Waals surface area contributed by atoms with Crippen molar-refractivity contribution in [1.82, 2.24) is 10.6 Å². The standard InChI is InChI=1S/2C14H13NO.Co/c2*16-14-9-5-4-8-13(14)11-15-10-12-6-2-1-3-7-12;/h2*1-9,11,15H,10H2;/b2*13-11-;. The Kier molecular flexibility index (Phi) is 11.2. The average molecular weight is 481 g/mol. The van der Waals surface area contributed by atoms with Crippen LogP contribution in [0.4, 0.5) is 0 Å². The van der Waals surface area contributed by atoms with E-state index in [4.69, 9.17) is 0 Å². The molecule has 33 heavy (non-hydrogen) atoms. The summed E-state index contributed by atoms with van der Waals surface area (Å²) < 4.78 is 0. The molecule has 2 aromatic carbocycles. The molecule has 4 rings (SSSR count). The molecule has 0 saturated heterocycles. The first kappa shape index (κ1) is 25.6. The van der Waals surface area contributed by atoms with Crippen LogP contribution in [0.1, 0.15) is 11.1 Å². The van der Waals surface area contributed by atoms with Gasteiger partial charge in [-0.2, -0.15) is 0 Å². The minimum atomic E-state index is 0. The molecule has 5 heteroatoms. The Bertz CT molecular complexity index is 1010. The third-order valence-corrected chi connectivity index (χ3v) is 4.65. The second kappa shape index (κ2) is 14.4. The summed E-state index contributed by atoms with van der Waals surface area (Å²) in [5.41, 5.74) is 3.78. The van der Waals surface area contributed by atoms with Gasteiger partial charge in [0.2, 0.25) is 0 Å². The summed E-state index contributed by atoms with van der Waals surface area (Å²) in [7, 11) is 0. The zero-order valence-corrected chi connectivity index (χ0v) is 19.2. The Morgan fingerprint density at radius 1 is 0.545 bits per heavy atom. The van der Waals surface area contributed by atoms with Gasteiger partial charge in [-0.05, 0) is 35.4 Å². The molecule has 1 radical (unpaired) electrons. The molecule has 2 aliphatic rings. The number of hydrogen-bond donors (Lipinski definition) is 2. The maximum Gasteiger partial charge on any atom is 0.187 e. The molecule has 0 bridgehead atoms. The van der Waals surface area contributed by atoms with Gasteiger partial charge in [-0.15, -0.1) is 0 Å². The molecule has 2 aromatic rings. The third-order valence-electron chi connectivity index (χ3n) is 4.65. The molecule has 0 spiro atoms. The van der Waals surface area contributed by atoms with Gasteiger partial charge in [0.05, 0.1) is 0 Å². The zero-order chi connectivity index (χ0) is 22.4. The number of carbonyl (C=O) groups excluding carboxylic acids is 2. The minimum absolute atomic E-state index is 0. The Labute approximate surface area is 205 Å². The molecular formula is C28H26CoN2O2. The molecule has 0 aromatic heterocycles. The van der Waals surface area contributed by atoms with Crippen LogP contribution in [-0.2, 0) is 39.5 Å². The normalized spacial score (nSPS) is 16.2. The summed E-state index contributed by atoms with van der Waals surface area (Å²) in [5.74, 6) is 0.0890. The number of benzene rings is 2. The predicted molar refractivity (Wildman–Crippen MR) is 129 cm³/mol. The summed E-state index contributed by atoms with van der Waals surface area (Å²) >= 11 is 0. The van der Waals surface area contributed by atoms with E-state index in [1.165, 1.54) is 11.1 Å². The van der Waals surface area contributed by atoms with Crippen molar-refractivity contribution in [2.45, 2.75) is 13.1 Å². The SMILES string of the molecule is O=C1C=CC=C/C1=C/NCc1ccccc1.O=C1C=CC=C/C1=C/NCc1ccccc1.[Co]. The first-order valence-corrected chi connectivity index (χ1v) is 10.5.